The zero-order valence-corrected chi connectivity index (χ0v) is 60.9. The molecule has 0 bridgehead atoms. The molecule has 0 aromatic heterocycles. The largest absolute Gasteiger partial charge is 0.472 e. The van der Waals surface area contributed by atoms with Crippen molar-refractivity contribution in [1.82, 2.24) is 0 Å². The van der Waals surface area contributed by atoms with Crippen molar-refractivity contribution in [2.24, 2.45) is 11.8 Å². The van der Waals surface area contributed by atoms with E-state index in [1.165, 1.54) is 180 Å². The molecule has 0 heterocycles. The number of hydrogen-bond donors (Lipinski definition) is 3. The van der Waals surface area contributed by atoms with Gasteiger partial charge in [-0.2, -0.15) is 0 Å². The Morgan fingerprint density at radius 1 is 0.297 bits per heavy atom. The van der Waals surface area contributed by atoms with Gasteiger partial charge in [-0.3, -0.25) is 37.3 Å². The summed E-state index contributed by atoms with van der Waals surface area (Å²) in [5.41, 5.74) is 0. The molecule has 0 aliphatic rings. The van der Waals surface area contributed by atoms with Gasteiger partial charge in [-0.15, -0.1) is 0 Å². The Bertz CT molecular complexity index is 1770. The third kappa shape index (κ3) is 66.5. The average molecular weight is 1340 g/mol. The maximum absolute atomic E-state index is 13.0. The lowest BCUT2D eigenvalue weighted by atomic mass is 10.0. The highest BCUT2D eigenvalue weighted by molar-refractivity contribution is 7.47. The van der Waals surface area contributed by atoms with Crippen LogP contribution in [0.4, 0.5) is 0 Å². The monoisotopic (exact) mass is 1340 g/mol. The molecule has 0 aliphatic heterocycles. The van der Waals surface area contributed by atoms with Gasteiger partial charge < -0.3 is 33.8 Å². The van der Waals surface area contributed by atoms with Crippen molar-refractivity contribution in [2.45, 2.75) is 387 Å². The third-order valence-corrected chi connectivity index (χ3v) is 18.6. The summed E-state index contributed by atoms with van der Waals surface area (Å²) in [6.07, 6.45) is 50.3. The topological polar surface area (TPSA) is 237 Å². The Labute approximate surface area is 556 Å². The molecule has 17 nitrogen and oxygen atoms in total. The Morgan fingerprint density at radius 3 is 0.747 bits per heavy atom. The second kappa shape index (κ2) is 64.1. The molecule has 0 aromatic rings. The number of aliphatic hydroxyl groups is 1. The van der Waals surface area contributed by atoms with Crippen LogP contribution in [0, 0.1) is 11.8 Å². The van der Waals surface area contributed by atoms with Gasteiger partial charge in [0, 0.05) is 25.7 Å². The van der Waals surface area contributed by atoms with Gasteiger partial charge in [0.1, 0.15) is 19.3 Å². The molecule has 91 heavy (non-hydrogen) atoms. The molecular weight excluding hydrogens is 1200 g/mol. The summed E-state index contributed by atoms with van der Waals surface area (Å²) >= 11 is 0. The molecule has 0 aliphatic carbocycles. The predicted molar refractivity (Wildman–Crippen MR) is 368 cm³/mol. The summed E-state index contributed by atoms with van der Waals surface area (Å²) in [5.74, 6) is -0.551. The van der Waals surface area contributed by atoms with Crippen LogP contribution < -0.4 is 0 Å². The van der Waals surface area contributed by atoms with Gasteiger partial charge in [0.2, 0.25) is 0 Å². The van der Waals surface area contributed by atoms with Crippen molar-refractivity contribution in [2.75, 3.05) is 39.6 Å². The second-order valence-corrected chi connectivity index (χ2v) is 29.8. The summed E-state index contributed by atoms with van der Waals surface area (Å²) in [5, 5.41) is 10.6. The van der Waals surface area contributed by atoms with Crippen LogP contribution in [0.1, 0.15) is 369 Å². The molecule has 0 saturated heterocycles. The first-order chi connectivity index (χ1) is 43.9. The summed E-state index contributed by atoms with van der Waals surface area (Å²) in [6.45, 7) is 9.52. The number of ether oxygens (including phenoxy) is 4. The molecule has 0 fully saturated rings. The van der Waals surface area contributed by atoms with E-state index in [-0.39, 0.29) is 25.7 Å². The first-order valence-electron chi connectivity index (χ1n) is 37.5. The number of esters is 4. The minimum absolute atomic E-state index is 0.107. The lowest BCUT2D eigenvalue weighted by Crippen LogP contribution is -2.30. The number of unbranched alkanes of at least 4 members (excludes halogenated alkanes) is 41. The van der Waals surface area contributed by atoms with Crippen molar-refractivity contribution in [3.8, 4) is 0 Å². The van der Waals surface area contributed by atoms with Gasteiger partial charge in [-0.05, 0) is 37.5 Å². The minimum Gasteiger partial charge on any atom is -0.462 e. The summed E-state index contributed by atoms with van der Waals surface area (Å²) in [7, 11) is -9.89. The number of phosphoric acid groups is 2. The average Bonchev–Trinajstić information content (AvgIpc) is 3.61. The van der Waals surface area contributed by atoms with E-state index >= 15 is 0 Å². The van der Waals surface area contributed by atoms with Crippen LogP contribution in [0.3, 0.4) is 0 Å². The number of carbonyl (C=O) groups excluding carboxylic acids is 4. The minimum atomic E-state index is -4.95. The first-order valence-corrected chi connectivity index (χ1v) is 40.5. The Kier molecular flexibility index (Phi) is 62.7. The van der Waals surface area contributed by atoms with Gasteiger partial charge in [-0.1, -0.05) is 318 Å². The van der Waals surface area contributed by atoms with E-state index in [9.17, 15) is 43.2 Å². The summed E-state index contributed by atoms with van der Waals surface area (Å²) in [4.78, 5) is 72.4. The van der Waals surface area contributed by atoms with Crippen LogP contribution in [0.2, 0.25) is 0 Å². The molecule has 540 valence electrons. The second-order valence-electron chi connectivity index (χ2n) is 26.9. The van der Waals surface area contributed by atoms with Crippen molar-refractivity contribution in [1.29, 1.82) is 0 Å². The predicted octanol–water partition coefficient (Wildman–Crippen LogP) is 20.8. The van der Waals surface area contributed by atoms with E-state index < -0.39 is 97.5 Å². The van der Waals surface area contributed by atoms with E-state index in [2.05, 4.69) is 41.5 Å². The standard InChI is InChI=1S/C72H140O17P2/c1-7-9-11-13-14-15-16-21-27-33-38-44-50-56-71(76)88-67(60-82-69(74)54-48-40-12-10-8-2)62-86-90(78,79)84-58-66(73)59-85-91(80,81)87-63-68(61-83-70(75)55-49-43-37-32-29-24-26-31-36-42-47-53-65(5)6)89-72(77)57-51-45-39-34-28-23-20-18-17-19-22-25-30-35-41-46-52-64(3)4/h64-68,73H,7-63H2,1-6H3,(H,78,79)(H,80,81)/t66-,67+,68+/m0/s1. The van der Waals surface area contributed by atoms with Crippen LogP contribution in [-0.2, 0) is 65.4 Å². The van der Waals surface area contributed by atoms with Crippen LogP contribution in [0.15, 0.2) is 0 Å². The number of phosphoric ester groups is 2. The van der Waals surface area contributed by atoms with E-state index in [1.54, 1.807) is 0 Å². The smallest absolute Gasteiger partial charge is 0.462 e. The highest BCUT2D eigenvalue weighted by atomic mass is 31.2. The Morgan fingerprint density at radius 2 is 0.505 bits per heavy atom. The van der Waals surface area contributed by atoms with E-state index in [0.717, 1.165) is 108 Å². The molecule has 0 aromatic carbocycles. The fourth-order valence-corrected chi connectivity index (χ4v) is 12.5. The highest BCUT2D eigenvalue weighted by Crippen LogP contribution is 2.45. The fourth-order valence-electron chi connectivity index (χ4n) is 10.9. The van der Waals surface area contributed by atoms with E-state index in [4.69, 9.17) is 37.0 Å². The number of aliphatic hydroxyl groups excluding tert-OH is 1. The Hall–Kier alpha value is -1.94. The lowest BCUT2D eigenvalue weighted by molar-refractivity contribution is -0.161. The molecule has 19 heteroatoms. The van der Waals surface area contributed by atoms with Crippen LogP contribution in [-0.4, -0.2) is 96.7 Å². The summed E-state index contributed by atoms with van der Waals surface area (Å²) in [6, 6.07) is 0. The van der Waals surface area contributed by atoms with E-state index in [1.807, 2.05) is 0 Å². The first kappa shape index (κ1) is 89.1. The van der Waals surface area contributed by atoms with Gasteiger partial charge in [0.25, 0.3) is 0 Å². The van der Waals surface area contributed by atoms with Crippen molar-refractivity contribution in [3.63, 3.8) is 0 Å². The normalized spacial score (nSPS) is 14.1. The molecule has 5 atom stereocenters. The number of hydrogen-bond acceptors (Lipinski definition) is 15. The van der Waals surface area contributed by atoms with Gasteiger partial charge in [0.05, 0.1) is 26.4 Å². The van der Waals surface area contributed by atoms with Gasteiger partial charge in [0.15, 0.2) is 12.2 Å². The van der Waals surface area contributed by atoms with Gasteiger partial charge in [-0.25, -0.2) is 9.13 Å². The van der Waals surface area contributed by atoms with Crippen molar-refractivity contribution < 1.29 is 80.2 Å². The maximum atomic E-state index is 13.0. The molecule has 0 amide bonds. The van der Waals surface area contributed by atoms with Crippen LogP contribution in [0.5, 0.6) is 0 Å². The zero-order valence-electron chi connectivity index (χ0n) is 59.1. The third-order valence-electron chi connectivity index (χ3n) is 16.7. The molecule has 0 radical (unpaired) electrons. The lowest BCUT2D eigenvalue weighted by Gasteiger charge is -2.21. The molecule has 0 saturated carbocycles. The highest BCUT2D eigenvalue weighted by Gasteiger charge is 2.30. The molecular formula is C72H140O17P2. The maximum Gasteiger partial charge on any atom is 0.472 e. The number of rotatable bonds is 71. The van der Waals surface area contributed by atoms with E-state index in [0.29, 0.717) is 25.7 Å². The molecule has 0 spiro atoms. The quantitative estimate of drug-likeness (QED) is 0.0222. The SMILES string of the molecule is CCCCCCCCCCCCCCCC(=O)O[C@H](COC(=O)CCCCCCC)COP(=O)(O)OC[C@H](O)COP(=O)(O)OC[C@@H](COC(=O)CCCCCCCCCCCCCC(C)C)OC(=O)CCCCCCCCCCCCCCCCCCC(C)C. The summed E-state index contributed by atoms with van der Waals surface area (Å²) < 4.78 is 68.2. The zero-order chi connectivity index (χ0) is 67.2. The van der Waals surface area contributed by atoms with Crippen LogP contribution in [0.25, 0.3) is 0 Å². The van der Waals surface area contributed by atoms with Crippen molar-refractivity contribution >= 4 is 39.5 Å². The number of carbonyl (C=O) groups is 4. The van der Waals surface area contributed by atoms with Crippen LogP contribution >= 0.6 is 15.6 Å². The fraction of sp³-hybridized carbons (Fsp3) is 0.944. The Balaban J connectivity index is 5.14. The van der Waals surface area contributed by atoms with Gasteiger partial charge >= 0.3 is 39.5 Å². The van der Waals surface area contributed by atoms with Crippen molar-refractivity contribution in [3.05, 3.63) is 0 Å². The molecule has 3 N–H and O–H groups in total. The molecule has 0 rings (SSSR count). The molecule has 2 unspecified atom stereocenters.